The number of aliphatic imine (C=N–C) groups is 1. The van der Waals surface area contributed by atoms with Crippen molar-refractivity contribution in [1.82, 2.24) is 4.72 Å². The summed E-state index contributed by atoms with van der Waals surface area (Å²) in [5, 5.41) is 11.3. The molecule has 102 valence electrons. The Labute approximate surface area is 114 Å². The molecule has 1 heterocycles. The van der Waals surface area contributed by atoms with E-state index >= 15 is 0 Å². The van der Waals surface area contributed by atoms with Gasteiger partial charge >= 0.3 is 0 Å². The molecule has 1 atom stereocenters. The second kappa shape index (κ2) is 5.17. The average Bonchev–Trinajstić information content (AvgIpc) is 2.74. The van der Waals surface area contributed by atoms with Gasteiger partial charge in [-0.2, -0.15) is 0 Å². The van der Waals surface area contributed by atoms with E-state index in [1.165, 1.54) is 30.0 Å². The number of hydrogen-bond acceptors (Lipinski definition) is 6. The maximum Gasteiger partial charge on any atom is 0.289 e. The van der Waals surface area contributed by atoms with Gasteiger partial charge in [0.2, 0.25) is 0 Å². The Kier molecular flexibility index (Phi) is 3.76. The summed E-state index contributed by atoms with van der Waals surface area (Å²) in [6.07, 6.45) is 0. The highest BCUT2D eigenvalue weighted by atomic mass is 32.2. The molecule has 19 heavy (non-hydrogen) atoms. The van der Waals surface area contributed by atoms with E-state index in [1.54, 1.807) is 0 Å². The molecule has 2 rings (SSSR count). The largest absolute Gasteiger partial charge is 0.289 e. The molecule has 1 aliphatic heterocycles. The number of hydrogen-bond donors (Lipinski definition) is 1. The van der Waals surface area contributed by atoms with Crippen LogP contribution in [-0.2, 0) is 10.0 Å². The summed E-state index contributed by atoms with van der Waals surface area (Å²) < 4.78 is 26.5. The molecule has 0 saturated carbocycles. The normalized spacial score (nSPS) is 19.0. The van der Waals surface area contributed by atoms with Crippen molar-refractivity contribution in [1.29, 1.82) is 0 Å². The van der Waals surface area contributed by atoms with Crippen molar-refractivity contribution in [3.8, 4) is 0 Å². The maximum atomic E-state index is 12.1. The van der Waals surface area contributed by atoms with Crippen LogP contribution in [0.15, 0.2) is 34.2 Å². The lowest BCUT2D eigenvalue weighted by atomic mass is 10.3. The molecular formula is C10H11N3O4S2. The van der Waals surface area contributed by atoms with Gasteiger partial charge in [-0.25, -0.2) is 8.42 Å². The van der Waals surface area contributed by atoms with E-state index in [1.807, 2.05) is 6.92 Å². The standard InChI is InChI=1S/C10H11N3O4S2/c1-7-6-11-10(18-7)12-19(16,17)9-5-3-2-4-8(9)13(14)15/h2-5,7H,6H2,1H3,(H,11,12). The predicted molar refractivity (Wildman–Crippen MR) is 72.8 cm³/mol. The Morgan fingerprint density at radius 2 is 2.16 bits per heavy atom. The molecule has 7 nitrogen and oxygen atoms in total. The Morgan fingerprint density at radius 1 is 1.47 bits per heavy atom. The number of para-hydroxylation sites is 1. The first-order valence-electron chi connectivity index (χ1n) is 5.37. The number of nitro benzene ring substituents is 1. The van der Waals surface area contributed by atoms with Crippen molar-refractivity contribution < 1.29 is 13.3 Å². The third kappa shape index (κ3) is 3.04. The van der Waals surface area contributed by atoms with Crippen LogP contribution in [0.4, 0.5) is 5.69 Å². The molecule has 0 fully saturated rings. The summed E-state index contributed by atoms with van der Waals surface area (Å²) in [6, 6.07) is 5.21. The SMILES string of the molecule is CC1CN=C(NS(=O)(=O)c2ccccc2[N+](=O)[O-])S1. The minimum absolute atomic E-state index is 0.198. The molecule has 1 aromatic carbocycles. The molecule has 0 amide bonds. The highest BCUT2D eigenvalue weighted by molar-refractivity contribution is 8.15. The van der Waals surface area contributed by atoms with Crippen molar-refractivity contribution in [3.05, 3.63) is 34.4 Å². The van der Waals surface area contributed by atoms with Crippen molar-refractivity contribution in [3.63, 3.8) is 0 Å². The lowest BCUT2D eigenvalue weighted by molar-refractivity contribution is -0.387. The molecule has 1 unspecified atom stereocenters. The fraction of sp³-hybridized carbons (Fsp3) is 0.300. The van der Waals surface area contributed by atoms with Crippen LogP contribution >= 0.6 is 11.8 Å². The Morgan fingerprint density at radius 3 is 2.74 bits per heavy atom. The van der Waals surface area contributed by atoms with Crippen LogP contribution in [0, 0.1) is 10.1 Å². The Bertz CT molecular complexity index is 642. The summed E-state index contributed by atoms with van der Waals surface area (Å²) in [4.78, 5) is 13.8. The van der Waals surface area contributed by atoms with Crippen molar-refractivity contribution in [2.24, 2.45) is 4.99 Å². The minimum Gasteiger partial charge on any atom is -0.261 e. The number of benzene rings is 1. The van der Waals surface area contributed by atoms with Crippen LogP contribution < -0.4 is 4.72 Å². The van der Waals surface area contributed by atoms with Crippen molar-refractivity contribution in [2.45, 2.75) is 17.1 Å². The topological polar surface area (TPSA) is 102 Å². The second-order valence-corrected chi connectivity index (χ2v) is 6.98. The molecule has 9 heteroatoms. The van der Waals surface area contributed by atoms with Crippen LogP contribution in [0.3, 0.4) is 0 Å². The van der Waals surface area contributed by atoms with Gasteiger partial charge in [0.25, 0.3) is 15.7 Å². The highest BCUT2D eigenvalue weighted by Crippen LogP contribution is 2.25. The zero-order valence-electron chi connectivity index (χ0n) is 9.94. The number of rotatable bonds is 3. The number of nitrogens with zero attached hydrogens (tertiary/aromatic N) is 2. The van der Waals surface area contributed by atoms with Gasteiger partial charge in [-0.1, -0.05) is 30.8 Å². The van der Waals surface area contributed by atoms with Gasteiger partial charge in [-0.05, 0) is 6.07 Å². The van der Waals surface area contributed by atoms with E-state index in [-0.39, 0.29) is 15.3 Å². The number of nitro groups is 1. The molecule has 0 aromatic heterocycles. The zero-order chi connectivity index (χ0) is 14.0. The third-order valence-corrected chi connectivity index (χ3v) is 4.90. The summed E-state index contributed by atoms with van der Waals surface area (Å²) in [5.74, 6) is 0. The number of nitrogens with one attached hydrogen (secondary N) is 1. The predicted octanol–water partition coefficient (Wildman–Crippen LogP) is 1.36. The maximum absolute atomic E-state index is 12.1. The summed E-state index contributed by atoms with van der Waals surface area (Å²) in [5.41, 5.74) is -0.452. The van der Waals surface area contributed by atoms with Gasteiger partial charge in [0.15, 0.2) is 10.1 Å². The molecule has 0 radical (unpaired) electrons. The molecule has 0 bridgehead atoms. The molecule has 1 aliphatic rings. The minimum atomic E-state index is -3.99. The highest BCUT2D eigenvalue weighted by Gasteiger charge is 2.28. The molecular weight excluding hydrogens is 290 g/mol. The van der Waals surface area contributed by atoms with E-state index in [0.717, 1.165) is 6.07 Å². The molecule has 1 aromatic rings. The van der Waals surface area contributed by atoms with Crippen LogP contribution in [0.2, 0.25) is 0 Å². The van der Waals surface area contributed by atoms with Gasteiger partial charge in [0, 0.05) is 11.3 Å². The average molecular weight is 301 g/mol. The van der Waals surface area contributed by atoms with E-state index in [2.05, 4.69) is 9.71 Å². The molecule has 0 spiro atoms. The summed E-state index contributed by atoms with van der Waals surface area (Å²) in [7, 11) is -3.99. The zero-order valence-corrected chi connectivity index (χ0v) is 11.6. The first-order chi connectivity index (χ1) is 8.90. The van der Waals surface area contributed by atoms with Crippen LogP contribution in [0.25, 0.3) is 0 Å². The second-order valence-electron chi connectivity index (χ2n) is 3.90. The van der Waals surface area contributed by atoms with Crippen LogP contribution in [0.1, 0.15) is 6.92 Å². The quantitative estimate of drug-likeness (QED) is 0.671. The van der Waals surface area contributed by atoms with E-state index < -0.39 is 20.6 Å². The van der Waals surface area contributed by atoms with Crippen molar-refractivity contribution >= 4 is 32.6 Å². The lowest BCUT2D eigenvalue weighted by Gasteiger charge is -2.07. The summed E-state index contributed by atoms with van der Waals surface area (Å²) in [6.45, 7) is 2.44. The Balaban J connectivity index is 2.33. The summed E-state index contributed by atoms with van der Waals surface area (Å²) >= 11 is 1.29. The van der Waals surface area contributed by atoms with Gasteiger partial charge in [-0.15, -0.1) is 0 Å². The van der Waals surface area contributed by atoms with Gasteiger partial charge in [0.1, 0.15) is 0 Å². The molecule has 0 saturated heterocycles. The van der Waals surface area contributed by atoms with Gasteiger partial charge < -0.3 is 0 Å². The van der Waals surface area contributed by atoms with Gasteiger partial charge in [-0.3, -0.25) is 19.8 Å². The first kappa shape index (κ1) is 13.8. The lowest BCUT2D eigenvalue weighted by Crippen LogP contribution is -2.28. The number of thioether (sulfide) groups is 1. The fourth-order valence-corrected chi connectivity index (χ4v) is 3.82. The van der Waals surface area contributed by atoms with Crippen LogP contribution in [-0.4, -0.2) is 30.3 Å². The van der Waals surface area contributed by atoms with E-state index in [0.29, 0.717) is 6.54 Å². The smallest absolute Gasteiger partial charge is 0.261 e. The van der Waals surface area contributed by atoms with Crippen molar-refractivity contribution in [2.75, 3.05) is 6.54 Å². The third-order valence-electron chi connectivity index (χ3n) is 2.38. The monoisotopic (exact) mass is 301 g/mol. The number of sulfonamides is 1. The first-order valence-corrected chi connectivity index (χ1v) is 7.74. The fourth-order valence-electron chi connectivity index (χ4n) is 1.54. The Hall–Kier alpha value is -1.61. The van der Waals surface area contributed by atoms with Gasteiger partial charge in [0.05, 0.1) is 11.5 Å². The van der Waals surface area contributed by atoms with Crippen LogP contribution in [0.5, 0.6) is 0 Å². The van der Waals surface area contributed by atoms with E-state index in [9.17, 15) is 18.5 Å². The molecule has 1 N–H and O–H groups in total. The number of amidine groups is 1. The molecule has 0 aliphatic carbocycles. The van der Waals surface area contributed by atoms with E-state index in [4.69, 9.17) is 0 Å².